The quantitative estimate of drug-likeness (QED) is 0.541. The van der Waals surface area contributed by atoms with Gasteiger partial charge in [-0.3, -0.25) is 4.79 Å². The van der Waals surface area contributed by atoms with Crippen LogP contribution in [0.15, 0.2) is 12.2 Å². The Morgan fingerprint density at radius 2 is 2.00 bits per heavy atom. The summed E-state index contributed by atoms with van der Waals surface area (Å²) in [4.78, 5) is 11.6. The molecule has 0 radical (unpaired) electrons. The lowest BCUT2D eigenvalue weighted by Crippen LogP contribution is -2.23. The van der Waals surface area contributed by atoms with Gasteiger partial charge < -0.3 is 4.74 Å². The first-order chi connectivity index (χ1) is 7.38. The van der Waals surface area contributed by atoms with E-state index in [0.717, 1.165) is 12.0 Å². The maximum absolute atomic E-state index is 11.6. The Hall–Kier alpha value is -0.790. The van der Waals surface area contributed by atoms with Crippen molar-refractivity contribution in [3.63, 3.8) is 0 Å². The van der Waals surface area contributed by atoms with Crippen molar-refractivity contribution in [3.05, 3.63) is 12.2 Å². The predicted molar refractivity (Wildman–Crippen MR) is 63.9 cm³/mol. The lowest BCUT2D eigenvalue weighted by Gasteiger charge is -2.21. The number of carbonyl (C=O) groups is 1. The van der Waals surface area contributed by atoms with Gasteiger partial charge >= 0.3 is 5.97 Å². The van der Waals surface area contributed by atoms with Crippen LogP contribution in [0.2, 0.25) is 0 Å². The van der Waals surface area contributed by atoms with Crippen molar-refractivity contribution in [2.45, 2.75) is 46.6 Å². The lowest BCUT2D eigenvalue weighted by atomic mass is 9.89. The zero-order chi connectivity index (χ0) is 12.1. The molecule has 2 nitrogen and oxygen atoms in total. The van der Waals surface area contributed by atoms with Crippen molar-refractivity contribution in [1.82, 2.24) is 0 Å². The SMILES string of the molecule is C=C1[C@@H](OC(=O)C(C)C)C[C@@]2(C(C)C)C[C@@H]12. The molecule has 0 N–H and O–H groups in total. The molecule has 0 aromatic heterocycles. The summed E-state index contributed by atoms with van der Waals surface area (Å²) in [6, 6.07) is 0. The molecular formula is C14H22O2. The van der Waals surface area contributed by atoms with Crippen molar-refractivity contribution in [2.24, 2.45) is 23.2 Å². The van der Waals surface area contributed by atoms with Gasteiger partial charge in [0.15, 0.2) is 0 Å². The topological polar surface area (TPSA) is 26.3 Å². The second-order valence-corrected chi connectivity index (χ2v) is 6.00. The summed E-state index contributed by atoms with van der Waals surface area (Å²) < 4.78 is 5.52. The van der Waals surface area contributed by atoms with Crippen molar-refractivity contribution in [1.29, 1.82) is 0 Å². The van der Waals surface area contributed by atoms with Crippen LogP contribution in [-0.2, 0) is 9.53 Å². The van der Waals surface area contributed by atoms with Crippen molar-refractivity contribution >= 4 is 5.97 Å². The zero-order valence-electron chi connectivity index (χ0n) is 10.7. The van der Waals surface area contributed by atoms with Crippen LogP contribution in [0.5, 0.6) is 0 Å². The van der Waals surface area contributed by atoms with Gasteiger partial charge in [0.1, 0.15) is 6.10 Å². The summed E-state index contributed by atoms with van der Waals surface area (Å²) >= 11 is 0. The van der Waals surface area contributed by atoms with E-state index in [1.54, 1.807) is 0 Å². The van der Waals surface area contributed by atoms with E-state index in [2.05, 4.69) is 20.4 Å². The molecule has 2 aliphatic carbocycles. The maximum Gasteiger partial charge on any atom is 0.308 e. The molecule has 2 fully saturated rings. The minimum absolute atomic E-state index is 0.0175. The van der Waals surface area contributed by atoms with E-state index >= 15 is 0 Å². The molecule has 0 saturated heterocycles. The van der Waals surface area contributed by atoms with Crippen LogP contribution >= 0.6 is 0 Å². The van der Waals surface area contributed by atoms with Gasteiger partial charge in [-0.1, -0.05) is 34.3 Å². The van der Waals surface area contributed by atoms with Gasteiger partial charge in [-0.25, -0.2) is 0 Å². The Kier molecular flexibility index (Phi) is 2.64. The number of fused-ring (bicyclic) bond motifs is 1. The van der Waals surface area contributed by atoms with Crippen LogP contribution in [0.1, 0.15) is 40.5 Å². The highest BCUT2D eigenvalue weighted by Gasteiger charge is 2.64. The molecule has 0 aromatic rings. The van der Waals surface area contributed by atoms with E-state index in [1.807, 2.05) is 13.8 Å². The highest BCUT2D eigenvalue weighted by atomic mass is 16.5. The first-order valence-electron chi connectivity index (χ1n) is 6.27. The van der Waals surface area contributed by atoms with Gasteiger partial charge in [0.25, 0.3) is 0 Å². The van der Waals surface area contributed by atoms with E-state index in [-0.39, 0.29) is 18.0 Å². The molecule has 0 bridgehead atoms. The van der Waals surface area contributed by atoms with Crippen LogP contribution in [0.3, 0.4) is 0 Å². The molecule has 2 heteroatoms. The number of esters is 1. The Morgan fingerprint density at radius 1 is 1.38 bits per heavy atom. The Balaban J connectivity index is 2.01. The molecule has 2 rings (SSSR count). The molecule has 0 aromatic carbocycles. The number of carbonyl (C=O) groups excluding carboxylic acids is 1. The summed E-state index contributed by atoms with van der Waals surface area (Å²) in [5.74, 6) is 1.14. The van der Waals surface area contributed by atoms with Gasteiger partial charge in [-0.2, -0.15) is 0 Å². The summed E-state index contributed by atoms with van der Waals surface area (Å²) in [5.41, 5.74) is 1.56. The Bertz CT molecular complexity index is 330. The monoisotopic (exact) mass is 222 g/mol. The molecule has 0 amide bonds. The van der Waals surface area contributed by atoms with Gasteiger partial charge in [0.2, 0.25) is 0 Å². The molecular weight excluding hydrogens is 200 g/mol. The first-order valence-corrected chi connectivity index (χ1v) is 6.27. The van der Waals surface area contributed by atoms with Crippen LogP contribution in [0.25, 0.3) is 0 Å². The number of ether oxygens (including phenoxy) is 1. The fraction of sp³-hybridized carbons (Fsp3) is 0.786. The Morgan fingerprint density at radius 3 is 2.44 bits per heavy atom. The molecule has 3 atom stereocenters. The standard InChI is InChI=1S/C14H22O2/c1-8(2)13(15)16-12-7-14(9(3)4)6-11(14)10(12)5/h8-9,11-12H,5-7H2,1-4H3/t11-,12-,14+/m0/s1. The lowest BCUT2D eigenvalue weighted by molar-refractivity contribution is -0.151. The van der Waals surface area contributed by atoms with Crippen molar-refractivity contribution in [2.75, 3.05) is 0 Å². The van der Waals surface area contributed by atoms with E-state index in [0.29, 0.717) is 17.3 Å². The second kappa shape index (κ2) is 3.61. The van der Waals surface area contributed by atoms with Gasteiger partial charge in [0, 0.05) is 0 Å². The molecule has 0 unspecified atom stereocenters. The predicted octanol–water partition coefficient (Wildman–Crippen LogP) is 3.18. The first kappa shape index (κ1) is 11.7. The molecule has 0 heterocycles. The number of hydrogen-bond acceptors (Lipinski definition) is 2. The second-order valence-electron chi connectivity index (χ2n) is 6.00. The van der Waals surface area contributed by atoms with E-state index < -0.39 is 0 Å². The minimum Gasteiger partial charge on any atom is -0.458 e. The summed E-state index contributed by atoms with van der Waals surface area (Å²) in [6.45, 7) is 12.4. The van der Waals surface area contributed by atoms with Crippen LogP contribution < -0.4 is 0 Å². The average molecular weight is 222 g/mol. The molecule has 0 spiro atoms. The zero-order valence-corrected chi connectivity index (χ0v) is 10.7. The van der Waals surface area contributed by atoms with Crippen LogP contribution in [0.4, 0.5) is 0 Å². The third-order valence-electron chi connectivity index (χ3n) is 4.42. The molecule has 16 heavy (non-hydrogen) atoms. The smallest absolute Gasteiger partial charge is 0.308 e. The fourth-order valence-corrected chi connectivity index (χ4v) is 3.02. The molecule has 2 saturated carbocycles. The largest absolute Gasteiger partial charge is 0.458 e. The van der Waals surface area contributed by atoms with Gasteiger partial charge in [0.05, 0.1) is 5.92 Å². The highest BCUT2D eigenvalue weighted by Crippen LogP contribution is 2.69. The van der Waals surface area contributed by atoms with Crippen LogP contribution in [-0.4, -0.2) is 12.1 Å². The summed E-state index contributed by atoms with van der Waals surface area (Å²) in [5, 5.41) is 0. The van der Waals surface area contributed by atoms with E-state index in [9.17, 15) is 4.79 Å². The fourth-order valence-electron chi connectivity index (χ4n) is 3.02. The van der Waals surface area contributed by atoms with Crippen molar-refractivity contribution in [3.8, 4) is 0 Å². The molecule has 2 aliphatic rings. The minimum atomic E-state index is -0.0913. The molecule has 0 aliphatic heterocycles. The maximum atomic E-state index is 11.6. The third kappa shape index (κ3) is 1.59. The summed E-state index contributed by atoms with van der Waals surface area (Å²) in [7, 11) is 0. The number of rotatable bonds is 3. The van der Waals surface area contributed by atoms with Gasteiger partial charge in [-0.15, -0.1) is 0 Å². The van der Waals surface area contributed by atoms with E-state index in [4.69, 9.17) is 4.74 Å². The third-order valence-corrected chi connectivity index (χ3v) is 4.42. The molecule has 90 valence electrons. The normalized spacial score (nSPS) is 36.8. The van der Waals surface area contributed by atoms with Crippen molar-refractivity contribution < 1.29 is 9.53 Å². The van der Waals surface area contributed by atoms with E-state index in [1.165, 1.54) is 6.42 Å². The average Bonchev–Trinajstić information content (AvgIpc) is 2.85. The van der Waals surface area contributed by atoms with Crippen LogP contribution in [0, 0.1) is 23.2 Å². The highest BCUT2D eigenvalue weighted by molar-refractivity contribution is 5.72. The van der Waals surface area contributed by atoms with Gasteiger partial charge in [-0.05, 0) is 35.7 Å². The Labute approximate surface area is 98.1 Å². The summed E-state index contributed by atoms with van der Waals surface area (Å²) in [6.07, 6.45) is 2.22. The number of hydrogen-bond donors (Lipinski definition) is 0.